The minimum atomic E-state index is -0.741. The van der Waals surface area contributed by atoms with E-state index in [1.807, 2.05) is 0 Å². The Morgan fingerprint density at radius 2 is 2.00 bits per heavy atom. The Balaban J connectivity index is 1.91. The fourth-order valence-electron chi connectivity index (χ4n) is 2.40. The number of pyridine rings is 1. The lowest BCUT2D eigenvalue weighted by molar-refractivity contribution is 0.1000. The van der Waals surface area contributed by atoms with E-state index in [0.29, 0.717) is 17.8 Å². The lowest BCUT2D eigenvalue weighted by Crippen LogP contribution is -2.33. The van der Waals surface area contributed by atoms with Crippen molar-refractivity contribution in [3.8, 4) is 0 Å². The predicted molar refractivity (Wildman–Crippen MR) is 84.3 cm³/mol. The summed E-state index contributed by atoms with van der Waals surface area (Å²) in [7, 11) is 0. The van der Waals surface area contributed by atoms with Crippen LogP contribution in [0.2, 0.25) is 5.02 Å². The van der Waals surface area contributed by atoms with E-state index in [1.54, 1.807) is 18.2 Å². The molecule has 1 saturated heterocycles. The second-order valence-electron chi connectivity index (χ2n) is 4.93. The maximum Gasteiger partial charge on any atom is 0.330 e. The first-order chi connectivity index (χ1) is 11.0. The van der Waals surface area contributed by atoms with Crippen LogP contribution in [0.4, 0.5) is 20.7 Å². The van der Waals surface area contributed by atoms with Crippen molar-refractivity contribution in [2.75, 3.05) is 22.9 Å². The van der Waals surface area contributed by atoms with E-state index in [4.69, 9.17) is 17.3 Å². The third-order valence-electron chi connectivity index (χ3n) is 3.53. The van der Waals surface area contributed by atoms with Crippen LogP contribution in [-0.2, 0) is 0 Å². The Bertz CT molecular complexity index is 799. The van der Waals surface area contributed by atoms with Gasteiger partial charge in [-0.1, -0.05) is 17.7 Å². The van der Waals surface area contributed by atoms with Crippen molar-refractivity contribution in [2.24, 2.45) is 5.73 Å². The highest BCUT2D eigenvalue weighted by Crippen LogP contribution is 2.28. The molecule has 0 atom stereocenters. The van der Waals surface area contributed by atoms with Crippen molar-refractivity contribution in [1.29, 1.82) is 0 Å². The SMILES string of the molecule is NC(=O)c1cccc(N2CCN(c3nccc(Cl)c3F)C2=O)c1. The van der Waals surface area contributed by atoms with Crippen molar-refractivity contribution < 1.29 is 14.0 Å². The fourth-order valence-corrected chi connectivity index (χ4v) is 2.54. The number of amides is 3. The molecule has 3 amide bonds. The third kappa shape index (κ3) is 2.70. The molecule has 1 aliphatic heterocycles. The van der Waals surface area contributed by atoms with Crippen LogP contribution in [0, 0.1) is 5.82 Å². The Kier molecular flexibility index (Phi) is 3.87. The Morgan fingerprint density at radius 1 is 1.26 bits per heavy atom. The molecule has 2 aromatic rings. The molecule has 1 aromatic heterocycles. The highest BCUT2D eigenvalue weighted by atomic mass is 35.5. The summed E-state index contributed by atoms with van der Waals surface area (Å²) in [6, 6.07) is 7.25. The molecule has 0 spiro atoms. The summed E-state index contributed by atoms with van der Waals surface area (Å²) >= 11 is 5.73. The molecule has 2 heterocycles. The van der Waals surface area contributed by atoms with Gasteiger partial charge in [-0.2, -0.15) is 0 Å². The lowest BCUT2D eigenvalue weighted by Gasteiger charge is -2.19. The number of rotatable bonds is 3. The number of benzene rings is 1. The van der Waals surface area contributed by atoms with Crippen molar-refractivity contribution >= 4 is 35.0 Å². The van der Waals surface area contributed by atoms with Crippen molar-refractivity contribution in [2.45, 2.75) is 0 Å². The van der Waals surface area contributed by atoms with E-state index in [-0.39, 0.29) is 17.4 Å². The van der Waals surface area contributed by atoms with Crippen LogP contribution < -0.4 is 15.5 Å². The van der Waals surface area contributed by atoms with Gasteiger partial charge in [-0.25, -0.2) is 14.2 Å². The van der Waals surface area contributed by atoms with Gasteiger partial charge in [-0.3, -0.25) is 14.6 Å². The number of carbonyl (C=O) groups is 2. The predicted octanol–water partition coefficient (Wildman–Crippen LogP) is 2.42. The van der Waals surface area contributed by atoms with E-state index >= 15 is 0 Å². The summed E-state index contributed by atoms with van der Waals surface area (Å²) in [6.07, 6.45) is 1.34. The van der Waals surface area contributed by atoms with Crippen molar-refractivity contribution in [1.82, 2.24) is 4.98 Å². The molecule has 1 aromatic carbocycles. The van der Waals surface area contributed by atoms with Crippen LogP contribution in [0.5, 0.6) is 0 Å². The molecular weight excluding hydrogens is 323 g/mol. The zero-order valence-corrected chi connectivity index (χ0v) is 12.6. The standard InChI is InChI=1S/C15H12ClFN4O2/c16-11-4-5-19-14(12(11)17)21-7-6-20(15(21)23)10-3-1-2-9(8-10)13(18)22/h1-5,8H,6-7H2,(H2,18,22). The van der Waals surface area contributed by atoms with Gasteiger partial charge in [0.25, 0.3) is 0 Å². The van der Waals surface area contributed by atoms with Gasteiger partial charge in [0.2, 0.25) is 5.91 Å². The molecule has 0 saturated carbocycles. The van der Waals surface area contributed by atoms with Crippen LogP contribution >= 0.6 is 11.6 Å². The molecule has 1 fully saturated rings. The van der Waals surface area contributed by atoms with Gasteiger partial charge in [0, 0.05) is 30.5 Å². The number of carbonyl (C=O) groups excluding carboxylic acids is 2. The largest absolute Gasteiger partial charge is 0.366 e. The van der Waals surface area contributed by atoms with E-state index in [9.17, 15) is 14.0 Å². The molecule has 0 unspecified atom stereocenters. The zero-order valence-electron chi connectivity index (χ0n) is 11.9. The molecule has 0 aliphatic carbocycles. The molecule has 8 heteroatoms. The summed E-state index contributed by atoms with van der Waals surface area (Å²) in [5.41, 5.74) is 6.05. The smallest absolute Gasteiger partial charge is 0.330 e. The van der Waals surface area contributed by atoms with Crippen LogP contribution in [-0.4, -0.2) is 30.0 Å². The van der Waals surface area contributed by atoms with E-state index < -0.39 is 17.8 Å². The third-order valence-corrected chi connectivity index (χ3v) is 3.82. The van der Waals surface area contributed by atoms with Gasteiger partial charge in [-0.05, 0) is 24.3 Å². The normalized spacial score (nSPS) is 14.4. The van der Waals surface area contributed by atoms with Crippen LogP contribution in [0.15, 0.2) is 36.5 Å². The molecular formula is C15H12ClFN4O2. The summed E-state index contributed by atoms with van der Waals surface area (Å²) in [4.78, 5) is 30.3. The van der Waals surface area contributed by atoms with E-state index in [0.717, 1.165) is 0 Å². The molecule has 2 N–H and O–H groups in total. The number of aromatic nitrogens is 1. The van der Waals surface area contributed by atoms with Gasteiger partial charge >= 0.3 is 6.03 Å². The van der Waals surface area contributed by atoms with Crippen LogP contribution in [0.1, 0.15) is 10.4 Å². The van der Waals surface area contributed by atoms with Crippen molar-refractivity contribution in [3.05, 3.63) is 52.9 Å². The maximum atomic E-state index is 14.1. The number of anilines is 2. The number of nitrogens with zero attached hydrogens (tertiary/aromatic N) is 3. The lowest BCUT2D eigenvalue weighted by atomic mass is 10.2. The number of halogens is 2. The summed E-state index contributed by atoms with van der Waals surface area (Å²) in [5.74, 6) is -1.44. The Morgan fingerprint density at radius 3 is 2.74 bits per heavy atom. The zero-order chi connectivity index (χ0) is 16.6. The van der Waals surface area contributed by atoms with Gasteiger partial charge in [0.1, 0.15) is 0 Å². The Labute approximate surface area is 136 Å². The monoisotopic (exact) mass is 334 g/mol. The number of nitrogens with two attached hydrogens (primary N) is 1. The minimum absolute atomic E-state index is 0.100. The summed E-state index contributed by atoms with van der Waals surface area (Å²) < 4.78 is 14.1. The number of hydrogen-bond acceptors (Lipinski definition) is 3. The topological polar surface area (TPSA) is 79.5 Å². The highest BCUT2D eigenvalue weighted by molar-refractivity contribution is 6.31. The van der Waals surface area contributed by atoms with Gasteiger partial charge in [0.05, 0.1) is 5.02 Å². The molecule has 0 bridgehead atoms. The average Bonchev–Trinajstić information content (AvgIpc) is 2.92. The molecule has 118 valence electrons. The summed E-state index contributed by atoms with van der Waals surface area (Å²) in [5, 5.41) is -0.100. The van der Waals surface area contributed by atoms with Crippen LogP contribution in [0.3, 0.4) is 0 Å². The molecule has 0 radical (unpaired) electrons. The van der Waals surface area contributed by atoms with Gasteiger partial charge in [0.15, 0.2) is 11.6 Å². The highest BCUT2D eigenvalue weighted by Gasteiger charge is 2.33. The first-order valence-corrected chi connectivity index (χ1v) is 7.15. The summed E-state index contributed by atoms with van der Waals surface area (Å²) in [6.45, 7) is 0.582. The second kappa shape index (κ2) is 5.85. The number of hydrogen-bond donors (Lipinski definition) is 1. The maximum absolute atomic E-state index is 14.1. The number of urea groups is 1. The number of primary amides is 1. The van der Waals surface area contributed by atoms with Gasteiger partial charge in [-0.15, -0.1) is 0 Å². The first kappa shape index (κ1) is 15.2. The molecule has 1 aliphatic rings. The van der Waals surface area contributed by atoms with Crippen LogP contribution in [0.25, 0.3) is 0 Å². The molecule has 23 heavy (non-hydrogen) atoms. The van der Waals surface area contributed by atoms with Gasteiger partial charge < -0.3 is 5.73 Å². The first-order valence-electron chi connectivity index (χ1n) is 6.78. The fraction of sp³-hybridized carbons (Fsp3) is 0.133. The molecule has 6 nitrogen and oxygen atoms in total. The van der Waals surface area contributed by atoms with E-state index in [2.05, 4.69) is 4.98 Å². The molecule has 3 rings (SSSR count). The second-order valence-corrected chi connectivity index (χ2v) is 5.34. The Hall–Kier alpha value is -2.67. The van der Waals surface area contributed by atoms with Crippen molar-refractivity contribution in [3.63, 3.8) is 0 Å². The minimum Gasteiger partial charge on any atom is -0.366 e. The average molecular weight is 335 g/mol. The van der Waals surface area contributed by atoms with E-state index in [1.165, 1.54) is 28.1 Å². The quantitative estimate of drug-likeness (QED) is 0.936.